The third-order valence-corrected chi connectivity index (χ3v) is 2.84. The van der Waals surface area contributed by atoms with Crippen LogP contribution in [0.5, 0.6) is 5.75 Å². The van der Waals surface area contributed by atoms with E-state index in [1.54, 1.807) is 6.92 Å². The van der Waals surface area contributed by atoms with Crippen molar-refractivity contribution in [2.24, 2.45) is 5.73 Å². The fraction of sp³-hybridized carbons (Fsp3) is 0.455. The zero-order chi connectivity index (χ0) is 11.4. The standard InChI is InChI=1S/C11H16BrNO2/c1-7(14)8(2)15-11-4-3-9(6-13)5-10(11)12/h3-5,7-8,14H,6,13H2,1-2H3. The van der Waals surface area contributed by atoms with Gasteiger partial charge in [0.25, 0.3) is 0 Å². The van der Waals surface area contributed by atoms with E-state index < -0.39 is 6.10 Å². The summed E-state index contributed by atoms with van der Waals surface area (Å²) in [6, 6.07) is 5.68. The predicted octanol–water partition coefficient (Wildman–Crippen LogP) is 2.06. The smallest absolute Gasteiger partial charge is 0.134 e. The molecule has 0 aliphatic rings. The maximum Gasteiger partial charge on any atom is 0.134 e. The number of halogens is 1. The second kappa shape index (κ2) is 5.49. The van der Waals surface area contributed by atoms with E-state index in [0.717, 1.165) is 15.8 Å². The lowest BCUT2D eigenvalue weighted by Gasteiger charge is -2.18. The highest BCUT2D eigenvalue weighted by atomic mass is 79.9. The molecule has 4 heteroatoms. The number of aliphatic hydroxyl groups is 1. The number of nitrogens with two attached hydrogens (primary N) is 1. The van der Waals surface area contributed by atoms with Crippen LogP contribution < -0.4 is 10.5 Å². The largest absolute Gasteiger partial charge is 0.487 e. The molecule has 15 heavy (non-hydrogen) atoms. The van der Waals surface area contributed by atoms with E-state index in [9.17, 15) is 5.11 Å². The van der Waals surface area contributed by atoms with E-state index in [0.29, 0.717) is 6.54 Å². The van der Waals surface area contributed by atoms with Gasteiger partial charge >= 0.3 is 0 Å². The van der Waals surface area contributed by atoms with Crippen molar-refractivity contribution in [3.63, 3.8) is 0 Å². The fourth-order valence-electron chi connectivity index (χ4n) is 1.07. The van der Waals surface area contributed by atoms with Gasteiger partial charge in [0.05, 0.1) is 10.6 Å². The topological polar surface area (TPSA) is 55.5 Å². The van der Waals surface area contributed by atoms with Crippen molar-refractivity contribution in [1.82, 2.24) is 0 Å². The minimum atomic E-state index is -0.494. The molecule has 2 atom stereocenters. The van der Waals surface area contributed by atoms with Crippen LogP contribution in [-0.2, 0) is 6.54 Å². The molecule has 0 amide bonds. The first-order valence-electron chi connectivity index (χ1n) is 4.87. The summed E-state index contributed by atoms with van der Waals surface area (Å²) in [6.07, 6.45) is -0.726. The van der Waals surface area contributed by atoms with Gasteiger partial charge in [-0.05, 0) is 47.5 Å². The molecule has 1 aromatic rings. The highest BCUT2D eigenvalue weighted by Crippen LogP contribution is 2.27. The van der Waals surface area contributed by atoms with Crippen LogP contribution in [0.15, 0.2) is 22.7 Å². The Balaban J connectivity index is 2.78. The molecule has 0 saturated heterocycles. The summed E-state index contributed by atoms with van der Waals surface area (Å²) >= 11 is 3.40. The molecule has 3 nitrogen and oxygen atoms in total. The quantitative estimate of drug-likeness (QED) is 0.883. The number of ether oxygens (including phenoxy) is 1. The average molecular weight is 274 g/mol. The van der Waals surface area contributed by atoms with Crippen LogP contribution in [0, 0.1) is 0 Å². The van der Waals surface area contributed by atoms with Gasteiger partial charge in [0.1, 0.15) is 11.9 Å². The van der Waals surface area contributed by atoms with Crippen molar-refractivity contribution < 1.29 is 9.84 Å². The molecule has 2 unspecified atom stereocenters. The Morgan fingerprint density at radius 1 is 1.47 bits per heavy atom. The summed E-state index contributed by atoms with van der Waals surface area (Å²) in [5, 5.41) is 9.31. The third kappa shape index (κ3) is 3.48. The normalized spacial score (nSPS) is 14.7. The summed E-state index contributed by atoms with van der Waals surface area (Å²) in [6.45, 7) is 4.03. The molecule has 0 aliphatic carbocycles. The first kappa shape index (κ1) is 12.5. The minimum absolute atomic E-state index is 0.231. The van der Waals surface area contributed by atoms with Crippen LogP contribution in [0.25, 0.3) is 0 Å². The van der Waals surface area contributed by atoms with Gasteiger partial charge in [0, 0.05) is 6.54 Å². The predicted molar refractivity (Wildman–Crippen MR) is 63.8 cm³/mol. The molecule has 0 radical (unpaired) electrons. The van der Waals surface area contributed by atoms with E-state index in [4.69, 9.17) is 10.5 Å². The van der Waals surface area contributed by atoms with Crippen molar-refractivity contribution in [2.75, 3.05) is 0 Å². The SMILES string of the molecule is CC(O)C(C)Oc1ccc(CN)cc1Br. The van der Waals surface area contributed by atoms with Crippen molar-refractivity contribution in [2.45, 2.75) is 32.6 Å². The Morgan fingerprint density at radius 2 is 2.13 bits per heavy atom. The first-order chi connectivity index (χ1) is 7.04. The Labute approximate surface area is 98.4 Å². The van der Waals surface area contributed by atoms with Gasteiger partial charge < -0.3 is 15.6 Å². The van der Waals surface area contributed by atoms with E-state index in [-0.39, 0.29) is 6.10 Å². The van der Waals surface area contributed by atoms with Gasteiger partial charge in [-0.3, -0.25) is 0 Å². The van der Waals surface area contributed by atoms with Gasteiger partial charge in [-0.1, -0.05) is 6.07 Å². The van der Waals surface area contributed by atoms with Crippen molar-refractivity contribution >= 4 is 15.9 Å². The minimum Gasteiger partial charge on any atom is -0.487 e. The Kier molecular flexibility index (Phi) is 4.57. The maximum atomic E-state index is 9.31. The van der Waals surface area contributed by atoms with E-state index in [1.807, 2.05) is 25.1 Å². The molecule has 84 valence electrons. The molecule has 0 heterocycles. The number of hydrogen-bond acceptors (Lipinski definition) is 3. The molecule has 3 N–H and O–H groups in total. The Bertz CT molecular complexity index is 328. The number of aliphatic hydroxyl groups excluding tert-OH is 1. The molecule has 0 fully saturated rings. The molecular formula is C11H16BrNO2. The lowest BCUT2D eigenvalue weighted by Crippen LogP contribution is -2.25. The summed E-state index contributed by atoms with van der Waals surface area (Å²) in [7, 11) is 0. The van der Waals surface area contributed by atoms with Gasteiger partial charge in [0.15, 0.2) is 0 Å². The van der Waals surface area contributed by atoms with Crippen molar-refractivity contribution in [3.05, 3.63) is 28.2 Å². The van der Waals surface area contributed by atoms with Gasteiger partial charge in [-0.15, -0.1) is 0 Å². The number of rotatable bonds is 4. The van der Waals surface area contributed by atoms with Gasteiger partial charge in [-0.2, -0.15) is 0 Å². The zero-order valence-corrected chi connectivity index (χ0v) is 10.5. The maximum absolute atomic E-state index is 9.31. The molecular weight excluding hydrogens is 258 g/mol. The van der Waals surface area contributed by atoms with Crippen molar-refractivity contribution in [3.8, 4) is 5.75 Å². The summed E-state index contributed by atoms with van der Waals surface area (Å²) in [5.74, 6) is 0.723. The van der Waals surface area contributed by atoms with E-state index in [2.05, 4.69) is 15.9 Å². The van der Waals surface area contributed by atoms with Crippen LogP contribution in [0.3, 0.4) is 0 Å². The number of benzene rings is 1. The molecule has 0 bridgehead atoms. The van der Waals surface area contributed by atoms with Gasteiger partial charge in [0.2, 0.25) is 0 Å². The summed E-state index contributed by atoms with van der Waals surface area (Å²) in [4.78, 5) is 0. The van der Waals surface area contributed by atoms with E-state index >= 15 is 0 Å². The molecule has 1 aromatic carbocycles. The highest BCUT2D eigenvalue weighted by molar-refractivity contribution is 9.10. The van der Waals surface area contributed by atoms with Crippen LogP contribution in [-0.4, -0.2) is 17.3 Å². The lowest BCUT2D eigenvalue weighted by atomic mass is 10.2. The highest BCUT2D eigenvalue weighted by Gasteiger charge is 2.12. The summed E-state index contributed by atoms with van der Waals surface area (Å²) < 4.78 is 6.43. The zero-order valence-electron chi connectivity index (χ0n) is 8.90. The van der Waals surface area contributed by atoms with Gasteiger partial charge in [-0.25, -0.2) is 0 Å². The summed E-state index contributed by atoms with van der Waals surface area (Å²) in [5.41, 5.74) is 6.56. The second-order valence-electron chi connectivity index (χ2n) is 3.53. The van der Waals surface area contributed by atoms with Crippen LogP contribution >= 0.6 is 15.9 Å². The van der Waals surface area contributed by atoms with E-state index in [1.165, 1.54) is 0 Å². The fourth-order valence-corrected chi connectivity index (χ4v) is 1.59. The molecule has 0 aromatic heterocycles. The van der Waals surface area contributed by atoms with Crippen LogP contribution in [0.4, 0.5) is 0 Å². The lowest BCUT2D eigenvalue weighted by molar-refractivity contribution is 0.0599. The van der Waals surface area contributed by atoms with Crippen LogP contribution in [0.1, 0.15) is 19.4 Å². The molecule has 1 rings (SSSR count). The monoisotopic (exact) mass is 273 g/mol. The van der Waals surface area contributed by atoms with Crippen LogP contribution in [0.2, 0.25) is 0 Å². The third-order valence-electron chi connectivity index (χ3n) is 2.22. The number of hydrogen-bond donors (Lipinski definition) is 2. The van der Waals surface area contributed by atoms with Crippen molar-refractivity contribution in [1.29, 1.82) is 0 Å². The molecule has 0 spiro atoms. The average Bonchev–Trinajstić information content (AvgIpc) is 2.20. The Morgan fingerprint density at radius 3 is 2.60 bits per heavy atom. The molecule has 0 aliphatic heterocycles. The second-order valence-corrected chi connectivity index (χ2v) is 4.39. The Hall–Kier alpha value is -0.580. The first-order valence-corrected chi connectivity index (χ1v) is 5.67. The molecule has 0 saturated carbocycles.